The van der Waals surface area contributed by atoms with E-state index in [1.165, 1.54) is 0 Å². The summed E-state index contributed by atoms with van der Waals surface area (Å²) >= 11 is 0. The number of nitrogens with zero attached hydrogens (tertiary/aromatic N) is 2. The Kier molecular flexibility index (Phi) is 4.97. The highest BCUT2D eigenvalue weighted by molar-refractivity contribution is 5.97. The SMILES string of the molecule is Cc1noc(C)c1COc1ccccc1C(=O)N1C[C@@H](C)[C@H](C(=O)O)C1. The zero-order chi connectivity index (χ0) is 18.8. The molecule has 0 unspecified atom stereocenters. The number of ether oxygens (including phenoxy) is 1. The van der Waals surface area contributed by atoms with E-state index >= 15 is 0 Å². The topological polar surface area (TPSA) is 92.9 Å². The average molecular weight is 358 g/mol. The van der Waals surface area contributed by atoms with Crippen LogP contribution in [-0.4, -0.2) is 40.1 Å². The molecule has 1 fully saturated rings. The zero-order valence-corrected chi connectivity index (χ0v) is 15.1. The number of hydrogen-bond donors (Lipinski definition) is 1. The van der Waals surface area contributed by atoms with Crippen LogP contribution in [0.25, 0.3) is 0 Å². The number of aryl methyl sites for hydroxylation is 2. The van der Waals surface area contributed by atoms with Crippen molar-refractivity contribution in [3.63, 3.8) is 0 Å². The van der Waals surface area contributed by atoms with Crippen LogP contribution in [0.5, 0.6) is 5.75 Å². The van der Waals surface area contributed by atoms with Crippen molar-refractivity contribution >= 4 is 11.9 Å². The number of carboxylic acids is 1. The number of rotatable bonds is 5. The Morgan fingerprint density at radius 3 is 2.65 bits per heavy atom. The van der Waals surface area contributed by atoms with Gasteiger partial charge in [-0.1, -0.05) is 24.2 Å². The number of benzene rings is 1. The van der Waals surface area contributed by atoms with Gasteiger partial charge in [0.25, 0.3) is 5.91 Å². The molecule has 0 radical (unpaired) electrons. The van der Waals surface area contributed by atoms with E-state index in [4.69, 9.17) is 9.26 Å². The fraction of sp³-hybridized carbons (Fsp3) is 0.421. The minimum absolute atomic E-state index is 0.0770. The van der Waals surface area contributed by atoms with E-state index in [2.05, 4.69) is 5.16 Å². The largest absolute Gasteiger partial charge is 0.488 e. The molecular weight excluding hydrogens is 336 g/mol. The van der Waals surface area contributed by atoms with Gasteiger partial charge in [-0.3, -0.25) is 9.59 Å². The summed E-state index contributed by atoms with van der Waals surface area (Å²) in [5.41, 5.74) is 2.04. The van der Waals surface area contributed by atoms with Crippen molar-refractivity contribution in [2.24, 2.45) is 11.8 Å². The molecule has 3 rings (SSSR count). The summed E-state index contributed by atoms with van der Waals surface area (Å²) in [5.74, 6) is -0.542. The molecule has 0 spiro atoms. The maximum atomic E-state index is 12.9. The summed E-state index contributed by atoms with van der Waals surface area (Å²) in [6.07, 6.45) is 0. The molecule has 1 amide bonds. The van der Waals surface area contributed by atoms with E-state index in [9.17, 15) is 14.7 Å². The fourth-order valence-electron chi connectivity index (χ4n) is 3.25. The smallest absolute Gasteiger partial charge is 0.308 e. The van der Waals surface area contributed by atoms with Crippen molar-refractivity contribution < 1.29 is 24.0 Å². The van der Waals surface area contributed by atoms with Gasteiger partial charge in [-0.15, -0.1) is 0 Å². The van der Waals surface area contributed by atoms with E-state index in [1.54, 1.807) is 29.2 Å². The van der Waals surface area contributed by atoms with E-state index < -0.39 is 11.9 Å². The third kappa shape index (κ3) is 3.42. The molecule has 138 valence electrons. The monoisotopic (exact) mass is 358 g/mol. The molecule has 1 N–H and O–H groups in total. The average Bonchev–Trinajstić information content (AvgIpc) is 3.16. The van der Waals surface area contributed by atoms with Gasteiger partial charge in [-0.2, -0.15) is 0 Å². The van der Waals surface area contributed by atoms with Crippen LogP contribution in [0.3, 0.4) is 0 Å². The predicted octanol–water partition coefficient (Wildman–Crippen LogP) is 2.66. The highest BCUT2D eigenvalue weighted by Gasteiger charge is 2.37. The molecule has 1 saturated heterocycles. The van der Waals surface area contributed by atoms with Gasteiger partial charge in [-0.25, -0.2) is 0 Å². The van der Waals surface area contributed by atoms with Crippen LogP contribution in [0.4, 0.5) is 0 Å². The van der Waals surface area contributed by atoms with E-state index in [0.717, 1.165) is 11.3 Å². The van der Waals surface area contributed by atoms with Gasteiger partial charge in [0.15, 0.2) is 0 Å². The Morgan fingerprint density at radius 1 is 1.31 bits per heavy atom. The third-order valence-corrected chi connectivity index (χ3v) is 4.89. The third-order valence-electron chi connectivity index (χ3n) is 4.89. The molecule has 7 nitrogen and oxygen atoms in total. The second kappa shape index (κ2) is 7.19. The molecule has 0 saturated carbocycles. The number of aliphatic carboxylic acids is 1. The molecule has 0 bridgehead atoms. The summed E-state index contributed by atoms with van der Waals surface area (Å²) in [7, 11) is 0. The molecular formula is C19H22N2O5. The standard InChI is InChI=1S/C19H22N2O5/c1-11-8-21(9-15(11)19(23)24)18(22)14-6-4-5-7-17(14)25-10-16-12(2)20-26-13(16)3/h4-7,11,15H,8-10H2,1-3H3,(H,23,24)/t11-,15-/m1/s1. The Bertz CT molecular complexity index is 810. The van der Waals surface area contributed by atoms with E-state index in [0.29, 0.717) is 23.6 Å². The lowest BCUT2D eigenvalue weighted by Crippen LogP contribution is -2.30. The molecule has 2 aromatic rings. The highest BCUT2D eigenvalue weighted by Crippen LogP contribution is 2.28. The van der Waals surface area contributed by atoms with Gasteiger partial charge in [0, 0.05) is 13.1 Å². The number of likely N-dealkylation sites (tertiary alicyclic amines) is 1. The quantitative estimate of drug-likeness (QED) is 0.883. The van der Waals surface area contributed by atoms with Gasteiger partial charge in [0.05, 0.1) is 22.7 Å². The van der Waals surface area contributed by atoms with Crippen LogP contribution in [0.15, 0.2) is 28.8 Å². The molecule has 7 heteroatoms. The zero-order valence-electron chi connectivity index (χ0n) is 15.1. The summed E-state index contributed by atoms with van der Waals surface area (Å²) in [6, 6.07) is 7.00. The molecule has 2 heterocycles. The number of carbonyl (C=O) groups excluding carboxylic acids is 1. The lowest BCUT2D eigenvalue weighted by atomic mass is 9.99. The predicted molar refractivity (Wildman–Crippen MR) is 92.9 cm³/mol. The van der Waals surface area contributed by atoms with Gasteiger partial charge in [0.2, 0.25) is 0 Å². The first-order valence-electron chi connectivity index (χ1n) is 8.54. The lowest BCUT2D eigenvalue weighted by molar-refractivity contribution is -0.142. The second-order valence-corrected chi connectivity index (χ2v) is 6.72. The Labute approximate surface area is 151 Å². The van der Waals surface area contributed by atoms with Crippen LogP contribution in [0.2, 0.25) is 0 Å². The summed E-state index contributed by atoms with van der Waals surface area (Å²) in [6.45, 7) is 6.39. The number of hydrogen-bond acceptors (Lipinski definition) is 5. The van der Waals surface area contributed by atoms with Crippen LogP contribution in [-0.2, 0) is 11.4 Å². The van der Waals surface area contributed by atoms with Crippen LogP contribution >= 0.6 is 0 Å². The summed E-state index contributed by atoms with van der Waals surface area (Å²) in [4.78, 5) is 25.8. The van der Waals surface area contributed by atoms with Gasteiger partial charge >= 0.3 is 5.97 Å². The minimum Gasteiger partial charge on any atom is -0.488 e. The second-order valence-electron chi connectivity index (χ2n) is 6.72. The molecule has 0 aliphatic carbocycles. The first kappa shape index (κ1) is 18.0. The maximum Gasteiger partial charge on any atom is 0.308 e. The molecule has 26 heavy (non-hydrogen) atoms. The number of para-hydroxylation sites is 1. The first-order valence-corrected chi connectivity index (χ1v) is 8.54. The molecule has 1 aromatic heterocycles. The summed E-state index contributed by atoms with van der Waals surface area (Å²) < 4.78 is 11.0. The van der Waals surface area contributed by atoms with Crippen molar-refractivity contribution in [2.45, 2.75) is 27.4 Å². The first-order chi connectivity index (χ1) is 12.4. The number of aromatic nitrogens is 1. The van der Waals surface area contributed by atoms with E-state index in [1.807, 2.05) is 20.8 Å². The Hall–Kier alpha value is -2.83. The molecule has 1 aliphatic heterocycles. The Morgan fingerprint density at radius 2 is 2.04 bits per heavy atom. The van der Waals surface area contributed by atoms with Crippen LogP contribution < -0.4 is 4.74 Å². The van der Waals surface area contributed by atoms with Crippen molar-refractivity contribution in [1.29, 1.82) is 0 Å². The van der Waals surface area contributed by atoms with Crippen LogP contribution in [0.1, 0.15) is 34.3 Å². The van der Waals surface area contributed by atoms with Crippen molar-refractivity contribution in [1.82, 2.24) is 10.1 Å². The van der Waals surface area contributed by atoms with Crippen molar-refractivity contribution in [3.05, 3.63) is 46.8 Å². The maximum absolute atomic E-state index is 12.9. The Balaban J connectivity index is 1.77. The normalized spacial score (nSPS) is 19.6. The van der Waals surface area contributed by atoms with Crippen molar-refractivity contribution in [2.75, 3.05) is 13.1 Å². The number of amides is 1. The van der Waals surface area contributed by atoms with Crippen molar-refractivity contribution in [3.8, 4) is 5.75 Å². The van der Waals surface area contributed by atoms with Crippen LogP contribution in [0, 0.1) is 25.7 Å². The molecule has 1 aliphatic rings. The molecule has 1 aromatic carbocycles. The number of carbonyl (C=O) groups is 2. The lowest BCUT2D eigenvalue weighted by Gasteiger charge is -2.18. The minimum atomic E-state index is -0.865. The molecule has 2 atom stereocenters. The summed E-state index contributed by atoms with van der Waals surface area (Å²) in [5, 5.41) is 13.2. The van der Waals surface area contributed by atoms with Gasteiger partial charge < -0.3 is 19.3 Å². The van der Waals surface area contributed by atoms with Gasteiger partial charge in [-0.05, 0) is 31.9 Å². The number of carboxylic acid groups (broad SMARTS) is 1. The highest BCUT2D eigenvalue weighted by atomic mass is 16.5. The fourth-order valence-corrected chi connectivity index (χ4v) is 3.25. The van der Waals surface area contributed by atoms with Gasteiger partial charge in [0.1, 0.15) is 18.1 Å². The van der Waals surface area contributed by atoms with E-state index in [-0.39, 0.29) is 25.0 Å².